The van der Waals surface area contributed by atoms with E-state index in [0.717, 1.165) is 45.2 Å². The number of rotatable bonds is 8. The molecule has 1 fully saturated rings. The van der Waals surface area contributed by atoms with Crippen molar-refractivity contribution in [3.05, 3.63) is 21.9 Å². The topological polar surface area (TPSA) is 48.9 Å². The van der Waals surface area contributed by atoms with Crippen molar-refractivity contribution in [2.75, 3.05) is 46.9 Å². The highest BCUT2D eigenvalue weighted by atomic mass is 127. The van der Waals surface area contributed by atoms with Crippen molar-refractivity contribution in [1.29, 1.82) is 0 Å². The van der Waals surface area contributed by atoms with Crippen molar-refractivity contribution in [3.8, 4) is 0 Å². The number of fused-ring (bicyclic) bond motifs is 1. The van der Waals surface area contributed by atoms with Crippen LogP contribution in [-0.2, 0) is 17.7 Å². The van der Waals surface area contributed by atoms with E-state index in [1.54, 1.807) is 12.0 Å². The number of hydrogen-bond donors (Lipinski definition) is 2. The van der Waals surface area contributed by atoms with Gasteiger partial charge in [0.2, 0.25) is 0 Å². The second-order valence-electron chi connectivity index (χ2n) is 7.34. The summed E-state index contributed by atoms with van der Waals surface area (Å²) in [6.45, 7) is 6.11. The Kier molecular flexibility index (Phi) is 9.12. The van der Waals surface area contributed by atoms with E-state index in [2.05, 4.69) is 32.0 Å². The van der Waals surface area contributed by atoms with E-state index in [0.29, 0.717) is 5.41 Å². The molecular weight excluding hydrogens is 459 g/mol. The molecule has 0 spiro atoms. The van der Waals surface area contributed by atoms with Gasteiger partial charge < -0.3 is 15.4 Å². The molecule has 5 nitrogen and oxygen atoms in total. The minimum atomic E-state index is 0. The highest BCUT2D eigenvalue weighted by Crippen LogP contribution is 2.43. The molecule has 0 amide bonds. The maximum Gasteiger partial charge on any atom is 0.191 e. The second kappa shape index (κ2) is 10.8. The van der Waals surface area contributed by atoms with Crippen LogP contribution < -0.4 is 10.6 Å². The van der Waals surface area contributed by atoms with Gasteiger partial charge in [0, 0.05) is 58.4 Å². The van der Waals surface area contributed by atoms with Crippen LogP contribution in [0, 0.1) is 5.41 Å². The van der Waals surface area contributed by atoms with E-state index in [-0.39, 0.29) is 24.0 Å². The zero-order valence-corrected chi connectivity index (χ0v) is 19.2. The Labute approximate surface area is 179 Å². The summed E-state index contributed by atoms with van der Waals surface area (Å²) in [7, 11) is 3.65. The highest BCUT2D eigenvalue weighted by molar-refractivity contribution is 14.0. The van der Waals surface area contributed by atoms with E-state index in [1.165, 1.54) is 37.8 Å². The van der Waals surface area contributed by atoms with Gasteiger partial charge in [-0.2, -0.15) is 0 Å². The van der Waals surface area contributed by atoms with Crippen LogP contribution in [0.3, 0.4) is 0 Å². The average Bonchev–Trinajstić information content (AvgIpc) is 3.06. The molecule has 7 heteroatoms. The van der Waals surface area contributed by atoms with E-state index < -0.39 is 0 Å². The molecule has 1 aromatic heterocycles. The fourth-order valence-corrected chi connectivity index (χ4v) is 4.72. The molecule has 0 saturated heterocycles. The molecule has 148 valence electrons. The number of nitrogens with one attached hydrogen (secondary N) is 2. The van der Waals surface area contributed by atoms with Gasteiger partial charge in [0.25, 0.3) is 0 Å². The van der Waals surface area contributed by atoms with Crippen LogP contribution in [0.1, 0.15) is 36.1 Å². The third kappa shape index (κ3) is 5.81. The molecule has 0 aromatic carbocycles. The Bertz CT molecular complexity index is 574. The molecule has 0 radical (unpaired) electrons. The maximum atomic E-state index is 5.28. The lowest BCUT2D eigenvalue weighted by Gasteiger charge is -2.42. The minimum absolute atomic E-state index is 0. The zero-order chi connectivity index (χ0) is 17.5. The first-order chi connectivity index (χ1) is 12.2. The van der Waals surface area contributed by atoms with Crippen LogP contribution in [0.15, 0.2) is 16.4 Å². The Hall–Kier alpha value is -0.380. The third-order valence-corrected chi connectivity index (χ3v) is 6.74. The van der Waals surface area contributed by atoms with E-state index in [1.807, 2.05) is 18.4 Å². The SMILES string of the molecule is CN=C(NCCN1CCc2sccc2C1)NCC1(CCOC)CCC1.I. The molecule has 1 aliphatic heterocycles. The molecule has 3 rings (SSSR count). The van der Waals surface area contributed by atoms with Gasteiger partial charge in [-0.1, -0.05) is 6.42 Å². The molecule has 2 N–H and O–H groups in total. The number of aliphatic imine (C=N–C) groups is 1. The normalized spacial score (nSPS) is 19.2. The van der Waals surface area contributed by atoms with Crippen molar-refractivity contribution in [2.24, 2.45) is 10.4 Å². The number of halogens is 1. The quantitative estimate of drug-likeness (QED) is 0.333. The van der Waals surface area contributed by atoms with Crippen molar-refractivity contribution in [3.63, 3.8) is 0 Å². The minimum Gasteiger partial charge on any atom is -0.385 e. The first-order valence-electron chi connectivity index (χ1n) is 9.46. The van der Waals surface area contributed by atoms with Crippen LogP contribution in [0.4, 0.5) is 0 Å². The Morgan fingerprint density at radius 3 is 2.92 bits per heavy atom. The first-order valence-corrected chi connectivity index (χ1v) is 10.3. The van der Waals surface area contributed by atoms with Crippen LogP contribution in [0.25, 0.3) is 0 Å². The van der Waals surface area contributed by atoms with Crippen molar-refractivity contribution in [2.45, 2.75) is 38.6 Å². The maximum absolute atomic E-state index is 5.28. The van der Waals surface area contributed by atoms with Crippen LogP contribution in [-0.4, -0.2) is 57.8 Å². The van der Waals surface area contributed by atoms with Crippen molar-refractivity contribution >= 4 is 41.3 Å². The molecule has 1 saturated carbocycles. The van der Waals surface area contributed by atoms with Crippen LogP contribution >= 0.6 is 35.3 Å². The van der Waals surface area contributed by atoms with Gasteiger partial charge in [0.15, 0.2) is 5.96 Å². The molecule has 0 atom stereocenters. The summed E-state index contributed by atoms with van der Waals surface area (Å²) in [5.74, 6) is 0.928. The van der Waals surface area contributed by atoms with E-state index >= 15 is 0 Å². The summed E-state index contributed by atoms with van der Waals surface area (Å²) in [5, 5.41) is 9.24. The van der Waals surface area contributed by atoms with Gasteiger partial charge >= 0.3 is 0 Å². The molecule has 1 aromatic rings. The molecule has 0 bridgehead atoms. The predicted octanol–water partition coefficient (Wildman–Crippen LogP) is 3.10. The molecule has 26 heavy (non-hydrogen) atoms. The predicted molar refractivity (Wildman–Crippen MR) is 121 cm³/mol. The fraction of sp³-hybridized carbons (Fsp3) is 0.737. The number of nitrogens with zero attached hydrogens (tertiary/aromatic N) is 2. The van der Waals surface area contributed by atoms with Gasteiger partial charge in [-0.05, 0) is 48.1 Å². The summed E-state index contributed by atoms with van der Waals surface area (Å²) < 4.78 is 5.28. The number of thiophene rings is 1. The lowest BCUT2D eigenvalue weighted by molar-refractivity contribution is 0.0732. The van der Waals surface area contributed by atoms with Crippen LogP contribution in [0.5, 0.6) is 0 Å². The van der Waals surface area contributed by atoms with E-state index in [4.69, 9.17) is 4.74 Å². The zero-order valence-electron chi connectivity index (χ0n) is 16.1. The average molecular weight is 492 g/mol. The monoisotopic (exact) mass is 492 g/mol. The summed E-state index contributed by atoms with van der Waals surface area (Å²) in [4.78, 5) is 8.49. The van der Waals surface area contributed by atoms with Gasteiger partial charge in [0.05, 0.1) is 0 Å². The van der Waals surface area contributed by atoms with Gasteiger partial charge in [-0.3, -0.25) is 9.89 Å². The smallest absolute Gasteiger partial charge is 0.191 e. The van der Waals surface area contributed by atoms with Gasteiger partial charge in [0.1, 0.15) is 0 Å². The molecule has 2 aliphatic rings. The number of guanidine groups is 1. The lowest BCUT2D eigenvalue weighted by Crippen LogP contribution is -2.48. The molecule has 1 aliphatic carbocycles. The van der Waals surface area contributed by atoms with Gasteiger partial charge in [-0.25, -0.2) is 0 Å². The standard InChI is InChI=1S/C19H32N4OS.HI/c1-20-18(22-15-19(6-3-7-19)8-12-24-2)21-9-11-23-10-4-17-16(14-23)5-13-25-17;/h5,13H,3-4,6-12,14-15H2,1-2H3,(H2,20,21,22);1H. The Morgan fingerprint density at radius 1 is 1.38 bits per heavy atom. The number of ether oxygens (including phenoxy) is 1. The van der Waals surface area contributed by atoms with Crippen molar-refractivity contribution < 1.29 is 4.74 Å². The largest absolute Gasteiger partial charge is 0.385 e. The second-order valence-corrected chi connectivity index (χ2v) is 8.34. The van der Waals surface area contributed by atoms with E-state index in [9.17, 15) is 0 Å². The number of hydrogen-bond acceptors (Lipinski definition) is 4. The van der Waals surface area contributed by atoms with Crippen LogP contribution in [0.2, 0.25) is 0 Å². The summed E-state index contributed by atoms with van der Waals surface area (Å²) in [6.07, 6.45) is 6.29. The Morgan fingerprint density at radius 2 is 2.23 bits per heavy atom. The molecule has 2 heterocycles. The summed E-state index contributed by atoms with van der Waals surface area (Å²) in [6, 6.07) is 2.28. The van der Waals surface area contributed by atoms with Gasteiger partial charge in [-0.15, -0.1) is 35.3 Å². The van der Waals surface area contributed by atoms with Crippen molar-refractivity contribution in [1.82, 2.24) is 15.5 Å². The first kappa shape index (κ1) is 21.9. The lowest BCUT2D eigenvalue weighted by atomic mass is 9.67. The third-order valence-electron chi connectivity index (χ3n) is 5.71. The Balaban J connectivity index is 0.00000243. The fourth-order valence-electron chi connectivity index (χ4n) is 3.83. The summed E-state index contributed by atoms with van der Waals surface area (Å²) >= 11 is 1.90. The highest BCUT2D eigenvalue weighted by Gasteiger charge is 2.36. The number of methoxy groups -OCH3 is 1. The molecular formula is C19H33IN4OS. The summed E-state index contributed by atoms with van der Waals surface area (Å²) in [5.41, 5.74) is 1.93. The molecule has 0 unspecified atom stereocenters.